The molecule has 1 heterocycles. The van der Waals surface area contributed by atoms with Crippen LogP contribution in [0.5, 0.6) is 0 Å². The number of hydrogen-bond donors (Lipinski definition) is 1. The molecule has 1 amide bonds. The van der Waals surface area contributed by atoms with E-state index in [1.807, 2.05) is 18.2 Å². The van der Waals surface area contributed by atoms with Crippen LogP contribution in [-0.2, 0) is 0 Å². The molecule has 0 spiro atoms. The Kier molecular flexibility index (Phi) is 6.05. The summed E-state index contributed by atoms with van der Waals surface area (Å²) in [7, 11) is 0. The smallest absolute Gasteiger partial charge is 0.255 e. The van der Waals surface area contributed by atoms with Crippen LogP contribution in [0.3, 0.4) is 0 Å². The number of rotatable bonds is 4. The molecular weight excluding hydrogens is 384 g/mol. The van der Waals surface area contributed by atoms with Crippen molar-refractivity contribution in [1.29, 1.82) is 0 Å². The molecule has 5 heteroatoms. The van der Waals surface area contributed by atoms with Gasteiger partial charge in [0, 0.05) is 21.5 Å². The van der Waals surface area contributed by atoms with Gasteiger partial charge in [-0.25, -0.2) is 0 Å². The number of nitrogens with zero attached hydrogens (tertiary/aromatic N) is 1. The van der Waals surface area contributed by atoms with E-state index in [0.29, 0.717) is 6.04 Å². The van der Waals surface area contributed by atoms with E-state index in [-0.39, 0.29) is 5.91 Å². The Labute approximate surface area is 137 Å². The molecule has 0 aromatic heterocycles. The molecule has 0 radical (unpaired) electrons. The van der Waals surface area contributed by atoms with Gasteiger partial charge >= 0.3 is 0 Å². The summed E-state index contributed by atoms with van der Waals surface area (Å²) in [5.41, 5.74) is 0.750. The average molecular weight is 404 g/mol. The van der Waals surface area contributed by atoms with Gasteiger partial charge in [-0.3, -0.25) is 4.79 Å². The van der Waals surface area contributed by atoms with Gasteiger partial charge in [-0.2, -0.15) is 0 Å². The summed E-state index contributed by atoms with van der Waals surface area (Å²) in [5, 5.41) is 3.36. The Bertz CT molecular complexity index is 473. The van der Waals surface area contributed by atoms with Crippen molar-refractivity contribution >= 4 is 37.8 Å². The third-order valence-corrected chi connectivity index (χ3v) is 4.79. The first-order valence-corrected chi connectivity index (χ1v) is 8.68. The van der Waals surface area contributed by atoms with Gasteiger partial charge in [0.1, 0.15) is 0 Å². The van der Waals surface area contributed by atoms with Crippen molar-refractivity contribution in [3.05, 3.63) is 32.7 Å². The summed E-state index contributed by atoms with van der Waals surface area (Å²) in [4.78, 5) is 14.9. The monoisotopic (exact) mass is 402 g/mol. The highest BCUT2D eigenvalue weighted by Crippen LogP contribution is 2.25. The van der Waals surface area contributed by atoms with Crippen LogP contribution in [0.15, 0.2) is 27.1 Å². The van der Waals surface area contributed by atoms with E-state index >= 15 is 0 Å². The molecule has 1 aromatic rings. The summed E-state index contributed by atoms with van der Waals surface area (Å²) < 4.78 is 1.83. The fraction of sp³-hybridized carbons (Fsp3) is 0.533. The van der Waals surface area contributed by atoms with Gasteiger partial charge in [0.15, 0.2) is 0 Å². The lowest BCUT2D eigenvalue weighted by atomic mass is 10.0. The van der Waals surface area contributed by atoms with Crippen LogP contribution in [0.1, 0.15) is 36.5 Å². The van der Waals surface area contributed by atoms with Crippen LogP contribution in [0.4, 0.5) is 0 Å². The highest BCUT2D eigenvalue weighted by atomic mass is 79.9. The van der Waals surface area contributed by atoms with E-state index < -0.39 is 0 Å². The van der Waals surface area contributed by atoms with Crippen LogP contribution in [0.2, 0.25) is 0 Å². The van der Waals surface area contributed by atoms with Crippen molar-refractivity contribution in [2.75, 3.05) is 19.6 Å². The first-order valence-electron chi connectivity index (χ1n) is 7.10. The van der Waals surface area contributed by atoms with E-state index in [0.717, 1.165) is 53.4 Å². The second-order valence-electron chi connectivity index (χ2n) is 5.10. The second-order valence-corrected chi connectivity index (χ2v) is 6.87. The van der Waals surface area contributed by atoms with Crippen molar-refractivity contribution in [1.82, 2.24) is 10.2 Å². The first kappa shape index (κ1) is 16.0. The maximum absolute atomic E-state index is 12.8. The number of benzene rings is 1. The van der Waals surface area contributed by atoms with Gasteiger partial charge in [-0.1, -0.05) is 22.9 Å². The molecule has 2 rings (SSSR count). The van der Waals surface area contributed by atoms with Gasteiger partial charge in [0.05, 0.1) is 5.56 Å². The lowest BCUT2D eigenvalue weighted by Crippen LogP contribution is -2.46. The van der Waals surface area contributed by atoms with E-state index in [4.69, 9.17) is 0 Å². The summed E-state index contributed by atoms with van der Waals surface area (Å²) in [5.74, 6) is 0.137. The maximum Gasteiger partial charge on any atom is 0.255 e. The fourth-order valence-corrected chi connectivity index (χ4v) is 3.84. The second kappa shape index (κ2) is 7.57. The van der Waals surface area contributed by atoms with Crippen LogP contribution in [0, 0.1) is 0 Å². The minimum absolute atomic E-state index is 0.137. The molecule has 0 bridgehead atoms. The SMILES string of the molecule is CCCN(C(=O)c1ccc(Br)cc1Br)C1CCNCC1. The van der Waals surface area contributed by atoms with Crippen molar-refractivity contribution in [2.45, 2.75) is 32.2 Å². The van der Waals surface area contributed by atoms with Gasteiger partial charge in [-0.15, -0.1) is 0 Å². The first-order chi connectivity index (χ1) is 9.63. The molecule has 0 saturated carbocycles. The molecule has 1 N–H and O–H groups in total. The van der Waals surface area contributed by atoms with Crippen LogP contribution < -0.4 is 5.32 Å². The number of hydrogen-bond acceptors (Lipinski definition) is 2. The normalized spacial score (nSPS) is 16.1. The molecule has 1 aliphatic heterocycles. The minimum atomic E-state index is 0.137. The predicted molar refractivity (Wildman–Crippen MR) is 89.1 cm³/mol. The van der Waals surface area contributed by atoms with Crippen molar-refractivity contribution in [3.63, 3.8) is 0 Å². The Morgan fingerprint density at radius 3 is 2.65 bits per heavy atom. The van der Waals surface area contributed by atoms with Gasteiger partial charge in [0.2, 0.25) is 0 Å². The zero-order valence-corrected chi connectivity index (χ0v) is 14.8. The number of nitrogens with one attached hydrogen (secondary N) is 1. The molecule has 20 heavy (non-hydrogen) atoms. The van der Waals surface area contributed by atoms with Crippen LogP contribution in [0.25, 0.3) is 0 Å². The summed E-state index contributed by atoms with van der Waals surface area (Å²) in [6.07, 6.45) is 3.07. The van der Waals surface area contributed by atoms with Crippen molar-refractivity contribution < 1.29 is 4.79 Å². The third-order valence-electron chi connectivity index (χ3n) is 3.64. The average Bonchev–Trinajstić information content (AvgIpc) is 2.45. The Morgan fingerprint density at radius 2 is 2.05 bits per heavy atom. The van der Waals surface area contributed by atoms with Crippen LogP contribution in [-0.4, -0.2) is 36.5 Å². The van der Waals surface area contributed by atoms with E-state index in [1.54, 1.807) is 0 Å². The van der Waals surface area contributed by atoms with Gasteiger partial charge < -0.3 is 10.2 Å². The number of carbonyl (C=O) groups excluding carboxylic acids is 1. The maximum atomic E-state index is 12.8. The standard InChI is InChI=1S/C15H20Br2N2O/c1-2-9-19(12-5-7-18-8-6-12)15(20)13-4-3-11(16)10-14(13)17/h3-4,10,12,18H,2,5-9H2,1H3. The zero-order valence-electron chi connectivity index (χ0n) is 11.7. The largest absolute Gasteiger partial charge is 0.336 e. The van der Waals surface area contributed by atoms with Gasteiger partial charge in [-0.05, 0) is 66.5 Å². The summed E-state index contributed by atoms with van der Waals surface area (Å²) in [6, 6.07) is 6.10. The Morgan fingerprint density at radius 1 is 1.35 bits per heavy atom. The molecule has 1 saturated heterocycles. The number of carbonyl (C=O) groups is 1. The van der Waals surface area contributed by atoms with Gasteiger partial charge in [0.25, 0.3) is 5.91 Å². The number of piperidine rings is 1. The quantitative estimate of drug-likeness (QED) is 0.828. The van der Waals surface area contributed by atoms with Crippen LogP contribution >= 0.6 is 31.9 Å². The third kappa shape index (κ3) is 3.83. The van der Waals surface area contributed by atoms with Crippen molar-refractivity contribution in [3.8, 4) is 0 Å². The minimum Gasteiger partial charge on any atom is -0.336 e. The molecule has 1 aromatic carbocycles. The Hall–Kier alpha value is -0.390. The molecule has 3 nitrogen and oxygen atoms in total. The molecule has 1 fully saturated rings. The van der Waals surface area contributed by atoms with Crippen molar-refractivity contribution in [2.24, 2.45) is 0 Å². The Balaban J connectivity index is 2.21. The topological polar surface area (TPSA) is 32.3 Å². The van der Waals surface area contributed by atoms with E-state index in [1.165, 1.54) is 0 Å². The van der Waals surface area contributed by atoms with E-state index in [9.17, 15) is 4.79 Å². The highest BCUT2D eigenvalue weighted by molar-refractivity contribution is 9.11. The molecule has 1 aliphatic rings. The zero-order chi connectivity index (χ0) is 14.5. The molecular formula is C15H20Br2N2O. The van der Waals surface area contributed by atoms with E-state index in [2.05, 4.69) is 49.0 Å². The summed E-state index contributed by atoms with van der Waals surface area (Å²) >= 11 is 6.93. The molecule has 110 valence electrons. The molecule has 0 aliphatic carbocycles. The lowest BCUT2D eigenvalue weighted by molar-refractivity contribution is 0.0641. The number of halogens is 2. The lowest BCUT2D eigenvalue weighted by Gasteiger charge is -2.35. The predicted octanol–water partition coefficient (Wildman–Crippen LogP) is 3.82. The molecule has 0 unspecified atom stereocenters. The number of amides is 1. The summed E-state index contributed by atoms with van der Waals surface area (Å²) in [6.45, 7) is 4.95. The highest BCUT2D eigenvalue weighted by Gasteiger charge is 2.26. The molecule has 0 atom stereocenters. The fourth-order valence-electron chi connectivity index (χ4n) is 2.63.